The quantitative estimate of drug-likeness (QED) is 0.446. The molecule has 0 fully saturated rings. The van der Waals surface area contributed by atoms with Crippen molar-refractivity contribution in [2.45, 2.75) is 26.1 Å². The fourth-order valence-electron chi connectivity index (χ4n) is 0.801. The van der Waals surface area contributed by atoms with Crippen molar-refractivity contribution >= 4 is 5.97 Å². The zero-order valence-corrected chi connectivity index (χ0v) is 7.83. The highest BCUT2D eigenvalue weighted by atomic mass is 16.7. The lowest BCUT2D eigenvalue weighted by Gasteiger charge is -2.11. The second-order valence-electron chi connectivity index (χ2n) is 2.24. The second-order valence-corrected chi connectivity index (χ2v) is 2.24. The maximum atomic E-state index is 10.8. The molecule has 12 heavy (non-hydrogen) atoms. The average molecular weight is 176 g/mol. The van der Waals surface area contributed by atoms with Crippen molar-refractivity contribution in [2.24, 2.45) is 0 Å². The Morgan fingerprint density at radius 1 is 1.33 bits per heavy atom. The number of hydrogen-bond acceptors (Lipinski definition) is 4. The molecule has 4 nitrogen and oxygen atoms in total. The third kappa shape index (κ3) is 5.09. The first-order valence-electron chi connectivity index (χ1n) is 3.95. The van der Waals surface area contributed by atoms with E-state index in [-0.39, 0.29) is 12.3 Å². The molecule has 4 heteroatoms. The third-order valence-electron chi connectivity index (χ3n) is 1.42. The smallest absolute Gasteiger partial charge is 0.305 e. The molecule has 0 spiro atoms. The zero-order chi connectivity index (χ0) is 9.40. The fourth-order valence-corrected chi connectivity index (χ4v) is 0.801. The van der Waals surface area contributed by atoms with Gasteiger partial charge in [0.05, 0.1) is 13.0 Å². The third-order valence-corrected chi connectivity index (χ3v) is 1.42. The number of methoxy groups -OCH3 is 2. The van der Waals surface area contributed by atoms with Gasteiger partial charge in [0.25, 0.3) is 0 Å². The van der Waals surface area contributed by atoms with Crippen molar-refractivity contribution in [3.05, 3.63) is 0 Å². The highest BCUT2D eigenvalue weighted by molar-refractivity contribution is 5.69. The molecule has 0 N–H and O–H groups in total. The number of hydrogen-bond donors (Lipinski definition) is 0. The Morgan fingerprint density at radius 3 is 2.33 bits per heavy atom. The highest BCUT2D eigenvalue weighted by Gasteiger charge is 2.08. The van der Waals surface area contributed by atoms with Gasteiger partial charge in [0, 0.05) is 20.6 Å². The van der Waals surface area contributed by atoms with E-state index >= 15 is 0 Å². The SMILES string of the molecule is CCOC(=O)CCC(OC)OC. The Balaban J connectivity index is 3.44. The molecule has 0 saturated carbocycles. The molecular weight excluding hydrogens is 160 g/mol. The Kier molecular flexibility index (Phi) is 6.70. The molecule has 0 aliphatic carbocycles. The van der Waals surface area contributed by atoms with Gasteiger partial charge >= 0.3 is 5.97 Å². The summed E-state index contributed by atoms with van der Waals surface area (Å²) in [6.45, 7) is 2.20. The number of ether oxygens (including phenoxy) is 3. The lowest BCUT2D eigenvalue weighted by atomic mass is 10.3. The van der Waals surface area contributed by atoms with Crippen LogP contribution >= 0.6 is 0 Å². The van der Waals surface area contributed by atoms with Crippen LogP contribution in [0.5, 0.6) is 0 Å². The van der Waals surface area contributed by atoms with Crippen LogP contribution in [0.15, 0.2) is 0 Å². The minimum absolute atomic E-state index is 0.211. The number of carbonyl (C=O) groups is 1. The van der Waals surface area contributed by atoms with E-state index in [1.807, 2.05) is 0 Å². The highest BCUT2D eigenvalue weighted by Crippen LogP contribution is 2.02. The predicted octanol–water partition coefficient (Wildman–Crippen LogP) is 0.949. The molecule has 0 amide bonds. The summed E-state index contributed by atoms with van der Waals surface area (Å²) in [5.41, 5.74) is 0. The van der Waals surface area contributed by atoms with Crippen LogP contribution in [0.2, 0.25) is 0 Å². The largest absolute Gasteiger partial charge is 0.466 e. The molecule has 0 radical (unpaired) electrons. The molecule has 0 aliphatic heterocycles. The van der Waals surface area contributed by atoms with Crippen LogP contribution in [0, 0.1) is 0 Å². The van der Waals surface area contributed by atoms with Crippen LogP contribution in [0.1, 0.15) is 19.8 Å². The first-order chi connectivity index (χ1) is 5.74. The van der Waals surface area contributed by atoms with Crippen LogP contribution in [-0.4, -0.2) is 33.1 Å². The molecule has 0 bridgehead atoms. The topological polar surface area (TPSA) is 44.8 Å². The van der Waals surface area contributed by atoms with E-state index in [2.05, 4.69) is 0 Å². The Labute approximate surface area is 72.8 Å². The summed E-state index contributed by atoms with van der Waals surface area (Å²) in [4.78, 5) is 10.8. The van der Waals surface area contributed by atoms with Gasteiger partial charge in [-0.25, -0.2) is 0 Å². The van der Waals surface area contributed by atoms with Crippen molar-refractivity contribution in [1.82, 2.24) is 0 Å². The van der Waals surface area contributed by atoms with Gasteiger partial charge in [-0.2, -0.15) is 0 Å². The summed E-state index contributed by atoms with van der Waals surface area (Å²) in [7, 11) is 3.08. The maximum Gasteiger partial charge on any atom is 0.305 e. The lowest BCUT2D eigenvalue weighted by molar-refractivity contribution is -0.148. The van der Waals surface area contributed by atoms with Gasteiger partial charge in [-0.3, -0.25) is 4.79 Å². The van der Waals surface area contributed by atoms with Crippen LogP contribution < -0.4 is 0 Å². The minimum Gasteiger partial charge on any atom is -0.466 e. The van der Waals surface area contributed by atoms with E-state index < -0.39 is 0 Å². The van der Waals surface area contributed by atoms with Crippen LogP contribution in [0.3, 0.4) is 0 Å². The summed E-state index contributed by atoms with van der Waals surface area (Å²) < 4.78 is 14.5. The summed E-state index contributed by atoms with van der Waals surface area (Å²) in [6, 6.07) is 0. The first kappa shape index (κ1) is 11.4. The monoisotopic (exact) mass is 176 g/mol. The summed E-state index contributed by atoms with van der Waals surface area (Å²) in [5.74, 6) is -0.211. The van der Waals surface area contributed by atoms with Crippen LogP contribution in [0.4, 0.5) is 0 Å². The van der Waals surface area contributed by atoms with Gasteiger partial charge < -0.3 is 14.2 Å². The second kappa shape index (κ2) is 7.06. The molecule has 0 saturated heterocycles. The van der Waals surface area contributed by atoms with Crippen LogP contribution in [-0.2, 0) is 19.0 Å². The molecular formula is C8H16O4. The zero-order valence-electron chi connectivity index (χ0n) is 7.83. The van der Waals surface area contributed by atoms with Gasteiger partial charge in [-0.05, 0) is 6.92 Å². The van der Waals surface area contributed by atoms with Gasteiger partial charge in [0.15, 0.2) is 6.29 Å². The Hall–Kier alpha value is -0.610. The lowest BCUT2D eigenvalue weighted by Crippen LogP contribution is -2.15. The van der Waals surface area contributed by atoms with Crippen molar-refractivity contribution < 1.29 is 19.0 Å². The molecule has 0 unspecified atom stereocenters. The molecule has 0 rings (SSSR count). The van der Waals surface area contributed by atoms with E-state index in [1.54, 1.807) is 21.1 Å². The maximum absolute atomic E-state index is 10.8. The molecule has 0 aromatic rings. The van der Waals surface area contributed by atoms with Crippen molar-refractivity contribution in [3.63, 3.8) is 0 Å². The number of esters is 1. The normalized spacial score (nSPS) is 10.3. The molecule has 0 aliphatic rings. The van der Waals surface area contributed by atoms with E-state index in [1.165, 1.54) is 0 Å². The minimum atomic E-state index is -0.311. The molecule has 0 atom stereocenters. The van der Waals surface area contributed by atoms with Crippen molar-refractivity contribution in [3.8, 4) is 0 Å². The fraction of sp³-hybridized carbons (Fsp3) is 0.875. The van der Waals surface area contributed by atoms with Gasteiger partial charge in [0.2, 0.25) is 0 Å². The van der Waals surface area contributed by atoms with Gasteiger partial charge in [-0.1, -0.05) is 0 Å². The summed E-state index contributed by atoms with van der Waals surface area (Å²) >= 11 is 0. The number of rotatable bonds is 6. The van der Waals surface area contributed by atoms with E-state index in [0.29, 0.717) is 19.4 Å². The van der Waals surface area contributed by atoms with Crippen molar-refractivity contribution in [1.29, 1.82) is 0 Å². The first-order valence-corrected chi connectivity index (χ1v) is 3.95. The van der Waals surface area contributed by atoms with Crippen LogP contribution in [0.25, 0.3) is 0 Å². The Morgan fingerprint density at radius 2 is 1.92 bits per heavy atom. The number of carbonyl (C=O) groups excluding carboxylic acids is 1. The van der Waals surface area contributed by atoms with Gasteiger partial charge in [-0.15, -0.1) is 0 Å². The molecule has 72 valence electrons. The molecule has 0 aromatic heterocycles. The Bertz CT molecular complexity index is 120. The van der Waals surface area contributed by atoms with E-state index in [9.17, 15) is 4.79 Å². The standard InChI is InChI=1S/C8H16O4/c1-4-12-7(9)5-6-8(10-2)11-3/h8H,4-6H2,1-3H3. The molecule has 0 heterocycles. The average Bonchev–Trinajstić information content (AvgIpc) is 2.07. The summed E-state index contributed by atoms with van der Waals surface area (Å²) in [5, 5.41) is 0. The molecule has 0 aromatic carbocycles. The van der Waals surface area contributed by atoms with Gasteiger partial charge in [0.1, 0.15) is 0 Å². The van der Waals surface area contributed by atoms with Crippen molar-refractivity contribution in [2.75, 3.05) is 20.8 Å². The summed E-state index contributed by atoms with van der Waals surface area (Å²) in [6.07, 6.45) is 0.556. The van der Waals surface area contributed by atoms with E-state index in [0.717, 1.165) is 0 Å². The van der Waals surface area contributed by atoms with E-state index in [4.69, 9.17) is 14.2 Å². The predicted molar refractivity (Wildman–Crippen MR) is 43.7 cm³/mol.